The van der Waals surface area contributed by atoms with Crippen molar-refractivity contribution >= 4 is 29.2 Å². The van der Waals surface area contributed by atoms with E-state index in [2.05, 4.69) is 10.6 Å². The fraction of sp³-hybridized carbons (Fsp3) is 0.533. The van der Waals surface area contributed by atoms with Crippen LogP contribution >= 0.6 is 11.3 Å². The summed E-state index contributed by atoms with van der Waals surface area (Å²) in [5.41, 5.74) is 0. The maximum absolute atomic E-state index is 12.1. The van der Waals surface area contributed by atoms with Gasteiger partial charge in [0.15, 0.2) is 0 Å². The molecule has 0 bridgehead atoms. The minimum Gasteiger partial charge on any atom is -0.481 e. The number of urea groups is 1. The number of likely N-dealkylation sites (tertiary alicyclic amines) is 1. The minimum absolute atomic E-state index is 0.160. The van der Waals surface area contributed by atoms with Crippen molar-refractivity contribution in [2.24, 2.45) is 11.8 Å². The average Bonchev–Trinajstić information content (AvgIpc) is 3.04. The highest BCUT2D eigenvalue weighted by molar-refractivity contribution is 7.12. The number of hydrogen-bond donors (Lipinski definition) is 3. The first kappa shape index (κ1) is 17.3. The van der Waals surface area contributed by atoms with Crippen LogP contribution in [0.2, 0.25) is 0 Å². The third-order valence-electron chi connectivity index (χ3n) is 3.73. The van der Waals surface area contributed by atoms with E-state index >= 15 is 0 Å². The number of carbonyl (C=O) groups is 3. The molecule has 3 N–H and O–H groups in total. The number of carboxylic acid groups (broad SMARTS) is 1. The summed E-state index contributed by atoms with van der Waals surface area (Å²) in [6.45, 7) is 3.35. The number of carboxylic acids is 1. The van der Waals surface area contributed by atoms with Crippen molar-refractivity contribution in [3.63, 3.8) is 0 Å². The van der Waals surface area contributed by atoms with Gasteiger partial charge in [-0.25, -0.2) is 4.79 Å². The lowest BCUT2D eigenvalue weighted by Gasteiger charge is -2.34. The first-order chi connectivity index (χ1) is 11.0. The topological polar surface area (TPSA) is 98.7 Å². The molecule has 3 amide bonds. The molecule has 23 heavy (non-hydrogen) atoms. The van der Waals surface area contributed by atoms with E-state index < -0.39 is 11.9 Å². The van der Waals surface area contributed by atoms with E-state index in [4.69, 9.17) is 5.11 Å². The molecule has 0 aromatic carbocycles. The molecule has 1 fully saturated rings. The second kappa shape index (κ2) is 7.96. The molecule has 0 aliphatic carbocycles. The van der Waals surface area contributed by atoms with Crippen LogP contribution in [0.5, 0.6) is 0 Å². The van der Waals surface area contributed by atoms with Gasteiger partial charge < -0.3 is 20.6 Å². The van der Waals surface area contributed by atoms with Gasteiger partial charge in [-0.1, -0.05) is 13.0 Å². The van der Waals surface area contributed by atoms with E-state index in [1.165, 1.54) is 16.2 Å². The Bertz CT molecular complexity index is 561. The molecule has 2 rings (SSSR count). The molecule has 2 heterocycles. The lowest BCUT2D eigenvalue weighted by Crippen LogP contribution is -2.50. The summed E-state index contributed by atoms with van der Waals surface area (Å²) in [5, 5.41) is 16.4. The van der Waals surface area contributed by atoms with Crippen molar-refractivity contribution in [2.45, 2.75) is 13.3 Å². The van der Waals surface area contributed by atoms with Gasteiger partial charge >= 0.3 is 12.0 Å². The molecule has 0 spiro atoms. The van der Waals surface area contributed by atoms with Crippen LogP contribution in [0, 0.1) is 11.8 Å². The largest absolute Gasteiger partial charge is 0.481 e. The molecular weight excluding hydrogens is 318 g/mol. The Balaban J connectivity index is 1.72. The van der Waals surface area contributed by atoms with Crippen LogP contribution in [0.3, 0.4) is 0 Å². The molecule has 126 valence electrons. The number of hydrogen-bond acceptors (Lipinski definition) is 4. The Kier molecular flexibility index (Phi) is 5.97. The number of thiophene rings is 1. The van der Waals surface area contributed by atoms with Crippen molar-refractivity contribution in [2.75, 3.05) is 26.2 Å². The fourth-order valence-electron chi connectivity index (χ4n) is 2.65. The Morgan fingerprint density at radius 3 is 2.70 bits per heavy atom. The minimum atomic E-state index is -0.863. The number of aliphatic carboxylic acids is 1. The van der Waals surface area contributed by atoms with E-state index in [1.807, 2.05) is 12.3 Å². The van der Waals surface area contributed by atoms with Gasteiger partial charge in [0, 0.05) is 26.2 Å². The standard InChI is InChI=1S/C15H21N3O4S/c1-10-7-11(14(20)21)9-18(8-10)15(22)17-5-4-16-13(19)12-3-2-6-23-12/h2-3,6,10-11H,4-5,7-9H2,1H3,(H,16,19)(H,17,22)(H,20,21). The maximum Gasteiger partial charge on any atom is 0.317 e. The van der Waals surface area contributed by atoms with Gasteiger partial charge in [0.1, 0.15) is 0 Å². The van der Waals surface area contributed by atoms with Gasteiger partial charge in [-0.2, -0.15) is 0 Å². The average molecular weight is 339 g/mol. The molecule has 8 heteroatoms. The number of nitrogens with one attached hydrogen (secondary N) is 2. The van der Waals surface area contributed by atoms with Gasteiger partial charge in [0.2, 0.25) is 0 Å². The Morgan fingerprint density at radius 2 is 2.04 bits per heavy atom. The van der Waals surface area contributed by atoms with Crippen molar-refractivity contribution in [1.82, 2.24) is 15.5 Å². The van der Waals surface area contributed by atoms with E-state index in [0.29, 0.717) is 30.9 Å². The third kappa shape index (κ3) is 4.95. The van der Waals surface area contributed by atoms with E-state index in [1.54, 1.807) is 12.1 Å². The SMILES string of the molecule is CC1CC(C(=O)O)CN(C(=O)NCCNC(=O)c2cccs2)C1. The zero-order valence-corrected chi connectivity index (χ0v) is 13.8. The Labute approximate surface area is 138 Å². The molecule has 1 aliphatic heterocycles. The summed E-state index contributed by atoms with van der Waals surface area (Å²) in [5.74, 6) is -1.37. The lowest BCUT2D eigenvalue weighted by molar-refractivity contribution is -0.143. The fourth-order valence-corrected chi connectivity index (χ4v) is 3.29. The first-order valence-electron chi connectivity index (χ1n) is 7.54. The van der Waals surface area contributed by atoms with Gasteiger partial charge in [-0.05, 0) is 23.8 Å². The Hall–Kier alpha value is -2.09. The zero-order chi connectivity index (χ0) is 16.8. The van der Waals surface area contributed by atoms with E-state index in [9.17, 15) is 14.4 Å². The summed E-state index contributed by atoms with van der Waals surface area (Å²) in [6.07, 6.45) is 0.593. The highest BCUT2D eigenvalue weighted by Gasteiger charge is 2.31. The van der Waals surface area contributed by atoms with Crippen LogP contribution in [0.15, 0.2) is 17.5 Å². The maximum atomic E-state index is 12.1. The second-order valence-electron chi connectivity index (χ2n) is 5.75. The summed E-state index contributed by atoms with van der Waals surface area (Å²) in [4.78, 5) is 37.1. The smallest absolute Gasteiger partial charge is 0.317 e. The first-order valence-corrected chi connectivity index (χ1v) is 8.42. The highest BCUT2D eigenvalue weighted by atomic mass is 32.1. The second-order valence-corrected chi connectivity index (χ2v) is 6.69. The molecule has 1 saturated heterocycles. The van der Waals surface area contributed by atoms with Crippen LogP contribution in [0.25, 0.3) is 0 Å². The molecular formula is C15H21N3O4S. The number of rotatable bonds is 5. The molecule has 1 aliphatic rings. The van der Waals surface area contributed by atoms with Gasteiger partial charge in [-0.3, -0.25) is 9.59 Å². The summed E-state index contributed by atoms with van der Waals surface area (Å²) in [7, 11) is 0. The zero-order valence-electron chi connectivity index (χ0n) is 12.9. The number of amides is 3. The molecule has 1 aromatic rings. The predicted octanol–water partition coefficient (Wildman–Crippen LogP) is 1.23. The summed E-state index contributed by atoms with van der Waals surface area (Å²) in [6, 6.07) is 3.26. The number of carbonyl (C=O) groups excluding carboxylic acids is 2. The monoisotopic (exact) mass is 339 g/mol. The van der Waals surface area contributed by atoms with E-state index in [-0.39, 0.29) is 24.4 Å². The normalized spacial score (nSPS) is 20.8. The number of nitrogens with zero attached hydrogens (tertiary/aromatic N) is 1. The molecule has 2 atom stereocenters. The van der Waals surface area contributed by atoms with Crippen molar-refractivity contribution in [1.29, 1.82) is 0 Å². The summed E-state index contributed by atoms with van der Waals surface area (Å²) < 4.78 is 0. The lowest BCUT2D eigenvalue weighted by atomic mass is 9.91. The van der Waals surface area contributed by atoms with Gasteiger partial charge in [0.05, 0.1) is 10.8 Å². The highest BCUT2D eigenvalue weighted by Crippen LogP contribution is 2.21. The molecule has 2 unspecified atom stereocenters. The molecule has 0 saturated carbocycles. The molecule has 0 radical (unpaired) electrons. The van der Waals surface area contributed by atoms with Gasteiger partial charge in [-0.15, -0.1) is 11.3 Å². The van der Waals surface area contributed by atoms with Crippen molar-refractivity contribution in [3.8, 4) is 0 Å². The third-order valence-corrected chi connectivity index (χ3v) is 4.60. The van der Waals surface area contributed by atoms with Crippen LogP contribution in [0.4, 0.5) is 4.79 Å². The van der Waals surface area contributed by atoms with Crippen LogP contribution < -0.4 is 10.6 Å². The van der Waals surface area contributed by atoms with Crippen LogP contribution in [-0.2, 0) is 4.79 Å². The Morgan fingerprint density at radius 1 is 1.30 bits per heavy atom. The predicted molar refractivity (Wildman–Crippen MR) is 86.5 cm³/mol. The van der Waals surface area contributed by atoms with Crippen molar-refractivity contribution < 1.29 is 19.5 Å². The van der Waals surface area contributed by atoms with E-state index in [0.717, 1.165) is 0 Å². The van der Waals surface area contributed by atoms with Crippen molar-refractivity contribution in [3.05, 3.63) is 22.4 Å². The van der Waals surface area contributed by atoms with Crippen LogP contribution in [-0.4, -0.2) is 54.1 Å². The molecule has 1 aromatic heterocycles. The van der Waals surface area contributed by atoms with Gasteiger partial charge in [0.25, 0.3) is 5.91 Å². The summed E-state index contributed by atoms with van der Waals surface area (Å²) >= 11 is 1.36. The molecule has 7 nitrogen and oxygen atoms in total. The number of piperidine rings is 1. The van der Waals surface area contributed by atoms with Crippen LogP contribution in [0.1, 0.15) is 23.0 Å². The quantitative estimate of drug-likeness (QED) is 0.703.